The number of para-hydroxylation sites is 2. The van der Waals surface area contributed by atoms with Gasteiger partial charge in [-0.2, -0.15) is 0 Å². The zero-order valence-corrected chi connectivity index (χ0v) is 13.6. The molecule has 0 radical (unpaired) electrons. The van der Waals surface area contributed by atoms with Gasteiger partial charge in [0.15, 0.2) is 17.5 Å². The minimum atomic E-state index is -0.0786. The molecule has 1 atom stereocenters. The second-order valence-electron chi connectivity index (χ2n) is 6.17. The van der Waals surface area contributed by atoms with Crippen molar-refractivity contribution in [3.8, 4) is 11.5 Å². The molecule has 0 amide bonds. The average Bonchev–Trinajstić information content (AvgIpc) is 2.41. The van der Waals surface area contributed by atoms with E-state index >= 15 is 0 Å². The molecule has 5 nitrogen and oxygen atoms in total. The summed E-state index contributed by atoms with van der Waals surface area (Å²) >= 11 is 0. The molecule has 0 aliphatic carbocycles. The van der Waals surface area contributed by atoms with Crippen LogP contribution in [0.2, 0.25) is 0 Å². The van der Waals surface area contributed by atoms with Gasteiger partial charge in [0.2, 0.25) is 0 Å². The summed E-state index contributed by atoms with van der Waals surface area (Å²) in [5, 5.41) is 3.13. The molecule has 21 heavy (non-hydrogen) atoms. The van der Waals surface area contributed by atoms with Crippen molar-refractivity contribution in [2.75, 3.05) is 20.3 Å². The molecule has 1 aromatic rings. The first-order chi connectivity index (χ1) is 9.81. The molecule has 1 unspecified atom stereocenters. The highest BCUT2D eigenvalue weighted by Crippen LogP contribution is 2.26. The Kier molecular flexibility index (Phi) is 6.34. The lowest BCUT2D eigenvalue weighted by atomic mass is 10.1. The van der Waals surface area contributed by atoms with Crippen molar-refractivity contribution >= 4 is 5.96 Å². The van der Waals surface area contributed by atoms with E-state index < -0.39 is 0 Å². The van der Waals surface area contributed by atoms with Gasteiger partial charge in [-0.1, -0.05) is 19.1 Å². The van der Waals surface area contributed by atoms with Crippen LogP contribution in [-0.2, 0) is 0 Å². The van der Waals surface area contributed by atoms with Crippen molar-refractivity contribution in [2.45, 2.75) is 33.2 Å². The monoisotopic (exact) mass is 293 g/mol. The molecule has 0 saturated heterocycles. The van der Waals surface area contributed by atoms with E-state index in [2.05, 4.69) is 17.2 Å². The van der Waals surface area contributed by atoms with Gasteiger partial charge in [-0.05, 0) is 32.9 Å². The van der Waals surface area contributed by atoms with Crippen LogP contribution in [0.15, 0.2) is 29.3 Å². The first-order valence-corrected chi connectivity index (χ1v) is 7.15. The number of aliphatic imine (C=N–C) groups is 1. The number of ether oxygens (including phenoxy) is 2. The van der Waals surface area contributed by atoms with E-state index in [0.29, 0.717) is 19.1 Å². The van der Waals surface area contributed by atoms with E-state index in [9.17, 15) is 0 Å². The Bertz CT molecular complexity index is 467. The summed E-state index contributed by atoms with van der Waals surface area (Å²) in [5.41, 5.74) is 5.76. The van der Waals surface area contributed by atoms with Crippen LogP contribution in [0.4, 0.5) is 0 Å². The molecule has 0 fully saturated rings. The van der Waals surface area contributed by atoms with Gasteiger partial charge in [0.05, 0.1) is 13.7 Å². The zero-order valence-electron chi connectivity index (χ0n) is 13.6. The lowest BCUT2D eigenvalue weighted by Crippen LogP contribution is -2.45. The number of rotatable bonds is 6. The van der Waals surface area contributed by atoms with Crippen molar-refractivity contribution in [3.05, 3.63) is 24.3 Å². The van der Waals surface area contributed by atoms with Gasteiger partial charge in [-0.15, -0.1) is 0 Å². The van der Waals surface area contributed by atoms with Crippen LogP contribution in [0.5, 0.6) is 11.5 Å². The molecule has 0 aliphatic heterocycles. The maximum Gasteiger partial charge on any atom is 0.188 e. The van der Waals surface area contributed by atoms with Gasteiger partial charge in [0.25, 0.3) is 0 Å². The first kappa shape index (κ1) is 17.1. The van der Waals surface area contributed by atoms with Gasteiger partial charge in [-0.25, -0.2) is 0 Å². The van der Waals surface area contributed by atoms with Gasteiger partial charge in [0.1, 0.15) is 0 Å². The largest absolute Gasteiger partial charge is 0.493 e. The summed E-state index contributed by atoms with van der Waals surface area (Å²) in [6, 6.07) is 7.61. The van der Waals surface area contributed by atoms with Crippen LogP contribution < -0.4 is 20.5 Å². The Morgan fingerprint density at radius 1 is 1.29 bits per heavy atom. The number of nitrogens with one attached hydrogen (secondary N) is 1. The minimum absolute atomic E-state index is 0.0786. The SMILES string of the molecule is COc1ccccc1OCC(C)CN=C(N)NC(C)(C)C. The van der Waals surface area contributed by atoms with Crippen molar-refractivity contribution in [2.24, 2.45) is 16.6 Å². The number of methoxy groups -OCH3 is 1. The third-order valence-corrected chi connectivity index (χ3v) is 2.67. The van der Waals surface area contributed by atoms with Crippen molar-refractivity contribution in [1.82, 2.24) is 5.32 Å². The van der Waals surface area contributed by atoms with E-state index in [0.717, 1.165) is 11.5 Å². The third-order valence-electron chi connectivity index (χ3n) is 2.67. The number of nitrogens with two attached hydrogens (primary N) is 1. The average molecular weight is 293 g/mol. The molecule has 1 rings (SSSR count). The molecule has 0 bridgehead atoms. The third kappa shape index (κ3) is 6.88. The Hall–Kier alpha value is -1.91. The van der Waals surface area contributed by atoms with Crippen LogP contribution in [0.1, 0.15) is 27.7 Å². The fourth-order valence-electron chi connectivity index (χ4n) is 1.70. The van der Waals surface area contributed by atoms with E-state index in [1.54, 1.807) is 7.11 Å². The molecule has 1 aromatic carbocycles. The predicted octanol–water partition coefficient (Wildman–Crippen LogP) is 2.41. The molecule has 0 heterocycles. The molecule has 0 saturated carbocycles. The van der Waals surface area contributed by atoms with Crippen LogP contribution in [0, 0.1) is 5.92 Å². The lowest BCUT2D eigenvalue weighted by molar-refractivity contribution is 0.251. The van der Waals surface area contributed by atoms with Crippen molar-refractivity contribution in [3.63, 3.8) is 0 Å². The Labute approximate surface area is 127 Å². The second-order valence-corrected chi connectivity index (χ2v) is 6.17. The molecule has 0 aliphatic rings. The topological polar surface area (TPSA) is 68.9 Å². The summed E-state index contributed by atoms with van der Waals surface area (Å²) in [6.45, 7) is 9.39. The van der Waals surface area contributed by atoms with Crippen LogP contribution in [0.3, 0.4) is 0 Å². The Morgan fingerprint density at radius 2 is 1.90 bits per heavy atom. The molecular formula is C16H27N3O2. The summed E-state index contributed by atoms with van der Waals surface area (Å²) in [4.78, 5) is 4.34. The summed E-state index contributed by atoms with van der Waals surface area (Å²) in [7, 11) is 1.63. The Balaban J connectivity index is 2.44. The Morgan fingerprint density at radius 3 is 2.48 bits per heavy atom. The number of hydrogen-bond acceptors (Lipinski definition) is 3. The lowest BCUT2D eigenvalue weighted by Gasteiger charge is -2.21. The summed E-state index contributed by atoms with van der Waals surface area (Å²) in [6.07, 6.45) is 0. The van der Waals surface area contributed by atoms with E-state index in [4.69, 9.17) is 15.2 Å². The number of nitrogens with zero attached hydrogens (tertiary/aromatic N) is 1. The van der Waals surface area contributed by atoms with E-state index in [1.165, 1.54) is 0 Å². The summed E-state index contributed by atoms with van der Waals surface area (Å²) < 4.78 is 11.0. The molecule has 0 aromatic heterocycles. The maximum absolute atomic E-state index is 5.84. The number of benzene rings is 1. The molecule has 0 spiro atoms. The highest BCUT2D eigenvalue weighted by Gasteiger charge is 2.11. The van der Waals surface area contributed by atoms with Crippen LogP contribution in [0.25, 0.3) is 0 Å². The fraction of sp³-hybridized carbons (Fsp3) is 0.562. The van der Waals surface area contributed by atoms with Crippen molar-refractivity contribution < 1.29 is 9.47 Å². The van der Waals surface area contributed by atoms with Crippen LogP contribution in [-0.4, -0.2) is 31.8 Å². The number of guanidine groups is 1. The van der Waals surface area contributed by atoms with Gasteiger partial charge < -0.3 is 20.5 Å². The first-order valence-electron chi connectivity index (χ1n) is 7.15. The second kappa shape index (κ2) is 7.76. The van der Waals surface area contributed by atoms with E-state index in [1.807, 2.05) is 45.0 Å². The number of hydrogen-bond donors (Lipinski definition) is 2. The molecule has 5 heteroatoms. The zero-order chi connectivity index (χ0) is 15.9. The smallest absolute Gasteiger partial charge is 0.188 e. The normalized spacial score (nSPS) is 13.7. The molecule has 118 valence electrons. The summed E-state index contributed by atoms with van der Waals surface area (Å²) in [5.74, 6) is 2.21. The van der Waals surface area contributed by atoms with Gasteiger partial charge in [0, 0.05) is 18.0 Å². The fourth-order valence-corrected chi connectivity index (χ4v) is 1.70. The standard InChI is InChI=1S/C16H27N3O2/c1-12(10-18-15(17)19-16(2,3)4)11-21-14-9-7-6-8-13(14)20-5/h6-9,12H,10-11H2,1-5H3,(H3,17,18,19). The van der Waals surface area contributed by atoms with E-state index in [-0.39, 0.29) is 11.5 Å². The van der Waals surface area contributed by atoms with Crippen molar-refractivity contribution in [1.29, 1.82) is 0 Å². The maximum atomic E-state index is 5.84. The predicted molar refractivity (Wildman–Crippen MR) is 87.0 cm³/mol. The minimum Gasteiger partial charge on any atom is -0.493 e. The highest BCUT2D eigenvalue weighted by atomic mass is 16.5. The quantitative estimate of drug-likeness (QED) is 0.624. The molecular weight excluding hydrogens is 266 g/mol. The highest BCUT2D eigenvalue weighted by molar-refractivity contribution is 5.78. The van der Waals surface area contributed by atoms with Gasteiger partial charge in [-0.3, -0.25) is 4.99 Å². The molecule has 3 N–H and O–H groups in total. The van der Waals surface area contributed by atoms with Crippen LogP contribution >= 0.6 is 0 Å². The van der Waals surface area contributed by atoms with Gasteiger partial charge >= 0.3 is 0 Å².